The number of carbonyl (C=O) groups is 1. The van der Waals surface area contributed by atoms with Crippen LogP contribution in [0.1, 0.15) is 22.8 Å². The van der Waals surface area contributed by atoms with Crippen molar-refractivity contribution in [3.05, 3.63) is 58.6 Å². The van der Waals surface area contributed by atoms with Crippen LogP contribution in [0.2, 0.25) is 5.02 Å². The topological polar surface area (TPSA) is 38.8 Å². The Morgan fingerprint density at radius 1 is 1.16 bits per heavy atom. The average molecular weight is 370 g/mol. The Bertz CT molecular complexity index is 723. The molecule has 0 atom stereocenters. The largest absolute Gasteiger partial charge is 0.490 e. The molecular formula is C18H18ClF2NO3. The SMILES string of the molecule is CCOc1cc(CN(C)C(=O)c2ccc(Cl)cc2)ccc1OC(F)F. The molecule has 0 spiro atoms. The van der Waals surface area contributed by atoms with Gasteiger partial charge in [0, 0.05) is 24.2 Å². The summed E-state index contributed by atoms with van der Waals surface area (Å²) in [5.74, 6) is 0.00227. The molecule has 2 aromatic carbocycles. The number of carbonyl (C=O) groups excluding carboxylic acids is 1. The average Bonchev–Trinajstić information content (AvgIpc) is 2.57. The minimum Gasteiger partial charge on any atom is -0.490 e. The zero-order valence-electron chi connectivity index (χ0n) is 13.8. The number of rotatable bonds is 7. The number of ether oxygens (including phenoxy) is 2. The lowest BCUT2D eigenvalue weighted by Crippen LogP contribution is -2.26. The van der Waals surface area contributed by atoms with Crippen molar-refractivity contribution in [2.45, 2.75) is 20.1 Å². The molecule has 7 heteroatoms. The Morgan fingerprint density at radius 3 is 2.44 bits per heavy atom. The van der Waals surface area contributed by atoms with Gasteiger partial charge < -0.3 is 14.4 Å². The molecule has 0 bridgehead atoms. The normalized spacial score (nSPS) is 10.6. The maximum Gasteiger partial charge on any atom is 0.387 e. The van der Waals surface area contributed by atoms with Crippen LogP contribution in [0, 0.1) is 0 Å². The highest BCUT2D eigenvalue weighted by atomic mass is 35.5. The number of hydrogen-bond acceptors (Lipinski definition) is 3. The molecule has 134 valence electrons. The molecule has 0 N–H and O–H groups in total. The second-order valence-corrected chi connectivity index (χ2v) is 5.70. The first-order valence-electron chi connectivity index (χ1n) is 7.62. The monoisotopic (exact) mass is 369 g/mol. The summed E-state index contributed by atoms with van der Waals surface area (Å²) in [6.45, 7) is -0.590. The molecule has 0 aliphatic carbocycles. The molecule has 2 aromatic rings. The third-order valence-electron chi connectivity index (χ3n) is 3.38. The number of amides is 1. The third-order valence-corrected chi connectivity index (χ3v) is 3.63. The van der Waals surface area contributed by atoms with Gasteiger partial charge in [-0.1, -0.05) is 17.7 Å². The van der Waals surface area contributed by atoms with Crippen LogP contribution < -0.4 is 9.47 Å². The van der Waals surface area contributed by atoms with Crippen LogP contribution in [0.4, 0.5) is 8.78 Å². The first-order valence-corrected chi connectivity index (χ1v) is 8.00. The number of hydrogen-bond donors (Lipinski definition) is 0. The van der Waals surface area contributed by atoms with Gasteiger partial charge in [0.1, 0.15) is 0 Å². The van der Waals surface area contributed by atoms with E-state index in [1.807, 2.05) is 0 Å². The van der Waals surface area contributed by atoms with E-state index in [1.54, 1.807) is 50.4 Å². The Kier molecular flexibility index (Phi) is 6.58. The van der Waals surface area contributed by atoms with Crippen molar-refractivity contribution in [3.8, 4) is 11.5 Å². The summed E-state index contributed by atoms with van der Waals surface area (Å²) < 4.78 is 34.6. The fourth-order valence-electron chi connectivity index (χ4n) is 2.27. The summed E-state index contributed by atoms with van der Waals surface area (Å²) in [5.41, 5.74) is 1.24. The van der Waals surface area contributed by atoms with Gasteiger partial charge in [-0.25, -0.2) is 0 Å². The maximum absolute atomic E-state index is 12.4. The van der Waals surface area contributed by atoms with E-state index < -0.39 is 6.61 Å². The van der Waals surface area contributed by atoms with Crippen molar-refractivity contribution in [2.75, 3.05) is 13.7 Å². The van der Waals surface area contributed by atoms with Gasteiger partial charge in [0.15, 0.2) is 11.5 Å². The summed E-state index contributed by atoms with van der Waals surface area (Å²) in [6.07, 6.45) is 0. The lowest BCUT2D eigenvalue weighted by Gasteiger charge is -2.19. The summed E-state index contributed by atoms with van der Waals surface area (Å²) in [7, 11) is 1.65. The van der Waals surface area contributed by atoms with Crippen LogP contribution in [0.5, 0.6) is 11.5 Å². The van der Waals surface area contributed by atoms with Gasteiger partial charge in [0.2, 0.25) is 0 Å². The van der Waals surface area contributed by atoms with E-state index in [1.165, 1.54) is 11.0 Å². The van der Waals surface area contributed by atoms with Crippen LogP contribution in [0.25, 0.3) is 0 Å². The molecule has 0 aliphatic rings. The molecule has 0 radical (unpaired) electrons. The van der Waals surface area contributed by atoms with E-state index in [0.29, 0.717) is 17.2 Å². The molecule has 0 saturated heterocycles. The maximum atomic E-state index is 12.4. The molecule has 25 heavy (non-hydrogen) atoms. The van der Waals surface area contributed by atoms with Gasteiger partial charge in [-0.15, -0.1) is 0 Å². The number of halogens is 3. The molecule has 4 nitrogen and oxygen atoms in total. The number of nitrogens with zero attached hydrogens (tertiary/aromatic N) is 1. The van der Waals surface area contributed by atoms with E-state index in [2.05, 4.69) is 4.74 Å². The summed E-state index contributed by atoms with van der Waals surface area (Å²) in [4.78, 5) is 13.9. The third kappa shape index (κ3) is 5.32. The summed E-state index contributed by atoms with van der Waals surface area (Å²) in [6, 6.07) is 11.2. The van der Waals surface area contributed by atoms with Crippen LogP contribution >= 0.6 is 11.6 Å². The lowest BCUT2D eigenvalue weighted by molar-refractivity contribution is -0.0514. The van der Waals surface area contributed by atoms with Gasteiger partial charge in [0.25, 0.3) is 5.91 Å². The van der Waals surface area contributed by atoms with Crippen LogP contribution in [0.3, 0.4) is 0 Å². The van der Waals surface area contributed by atoms with Crippen molar-refractivity contribution in [2.24, 2.45) is 0 Å². The molecule has 2 rings (SSSR count). The van der Waals surface area contributed by atoms with Gasteiger partial charge >= 0.3 is 6.61 Å². The number of alkyl halides is 2. The summed E-state index contributed by atoms with van der Waals surface area (Å²) >= 11 is 5.82. The van der Waals surface area contributed by atoms with E-state index >= 15 is 0 Å². The van der Waals surface area contributed by atoms with E-state index in [9.17, 15) is 13.6 Å². The highest BCUT2D eigenvalue weighted by Crippen LogP contribution is 2.30. The van der Waals surface area contributed by atoms with Crippen LogP contribution in [-0.2, 0) is 6.54 Å². The smallest absolute Gasteiger partial charge is 0.387 e. The molecule has 0 unspecified atom stereocenters. The second-order valence-electron chi connectivity index (χ2n) is 5.26. The zero-order chi connectivity index (χ0) is 18.4. The van der Waals surface area contributed by atoms with Gasteiger partial charge in [-0.3, -0.25) is 4.79 Å². The molecule has 0 aromatic heterocycles. The molecule has 0 fully saturated rings. The van der Waals surface area contributed by atoms with E-state index in [-0.39, 0.29) is 24.0 Å². The first kappa shape index (κ1) is 19.0. The molecule has 0 saturated carbocycles. The van der Waals surface area contributed by atoms with E-state index in [4.69, 9.17) is 16.3 Å². The summed E-state index contributed by atoms with van der Waals surface area (Å²) in [5, 5.41) is 0.551. The van der Waals surface area contributed by atoms with Gasteiger partial charge in [0.05, 0.1) is 6.61 Å². The zero-order valence-corrected chi connectivity index (χ0v) is 14.6. The van der Waals surface area contributed by atoms with Crippen molar-refractivity contribution in [1.82, 2.24) is 4.90 Å². The Balaban J connectivity index is 2.14. The first-order chi connectivity index (χ1) is 11.9. The Hall–Kier alpha value is -2.34. The Morgan fingerprint density at radius 2 is 1.84 bits per heavy atom. The van der Waals surface area contributed by atoms with Crippen LogP contribution in [0.15, 0.2) is 42.5 Å². The predicted octanol–water partition coefficient (Wildman–Crippen LogP) is 4.61. The van der Waals surface area contributed by atoms with Gasteiger partial charge in [-0.05, 0) is 48.9 Å². The van der Waals surface area contributed by atoms with Crippen molar-refractivity contribution >= 4 is 17.5 Å². The lowest BCUT2D eigenvalue weighted by atomic mass is 10.1. The molecular weight excluding hydrogens is 352 g/mol. The standard InChI is InChI=1S/C18H18ClF2NO3/c1-3-24-16-10-12(4-9-15(16)25-18(20)21)11-22(2)17(23)13-5-7-14(19)8-6-13/h4-10,18H,3,11H2,1-2H3. The minimum absolute atomic E-state index is 0.0349. The minimum atomic E-state index is -2.93. The number of benzene rings is 2. The Labute approximate surface area is 149 Å². The molecule has 0 heterocycles. The second kappa shape index (κ2) is 8.67. The fourth-order valence-corrected chi connectivity index (χ4v) is 2.40. The fraction of sp³-hybridized carbons (Fsp3) is 0.278. The van der Waals surface area contributed by atoms with E-state index in [0.717, 1.165) is 5.56 Å². The predicted molar refractivity (Wildman–Crippen MR) is 91.5 cm³/mol. The molecule has 1 amide bonds. The van der Waals surface area contributed by atoms with Crippen molar-refractivity contribution in [3.63, 3.8) is 0 Å². The highest BCUT2D eigenvalue weighted by Gasteiger charge is 2.15. The quantitative estimate of drug-likeness (QED) is 0.715. The van der Waals surface area contributed by atoms with Gasteiger partial charge in [-0.2, -0.15) is 8.78 Å². The molecule has 0 aliphatic heterocycles. The van der Waals surface area contributed by atoms with Crippen molar-refractivity contribution < 1.29 is 23.0 Å². The highest BCUT2D eigenvalue weighted by molar-refractivity contribution is 6.30. The van der Waals surface area contributed by atoms with Crippen molar-refractivity contribution in [1.29, 1.82) is 0 Å². The van der Waals surface area contributed by atoms with Crippen LogP contribution in [-0.4, -0.2) is 31.1 Å².